The summed E-state index contributed by atoms with van der Waals surface area (Å²) in [6.07, 6.45) is 6.56. The van der Waals surface area contributed by atoms with E-state index in [0.717, 1.165) is 25.7 Å². The number of rotatable bonds is 6. The zero-order valence-electron chi connectivity index (χ0n) is 16.8. The smallest absolute Gasteiger partial charge is 0.248 e. The van der Waals surface area contributed by atoms with Crippen LogP contribution in [0.5, 0.6) is 5.75 Å². The number of halogens is 1. The molecule has 3 rings (SSSR count). The van der Waals surface area contributed by atoms with Gasteiger partial charge in [0.2, 0.25) is 15.9 Å². The Bertz CT molecular complexity index is 1010. The van der Waals surface area contributed by atoms with Crippen LogP contribution >= 0.6 is 0 Å². The molecule has 1 heterocycles. The van der Waals surface area contributed by atoms with Gasteiger partial charge < -0.3 is 10.1 Å². The van der Waals surface area contributed by atoms with Crippen LogP contribution in [0.3, 0.4) is 0 Å². The zero-order valence-corrected chi connectivity index (χ0v) is 17.6. The Balaban J connectivity index is 1.80. The summed E-state index contributed by atoms with van der Waals surface area (Å²) in [5.74, 6) is -0.459. The molecular weight excluding hydrogens is 407 g/mol. The molecular formula is C22H25FN2O4S. The number of anilines is 1. The van der Waals surface area contributed by atoms with Crippen LogP contribution in [0.1, 0.15) is 31.2 Å². The Morgan fingerprint density at radius 2 is 1.73 bits per heavy atom. The van der Waals surface area contributed by atoms with Crippen LogP contribution in [0.15, 0.2) is 53.4 Å². The molecule has 2 aromatic rings. The highest BCUT2D eigenvalue weighted by Gasteiger charge is 2.26. The molecule has 30 heavy (non-hydrogen) atoms. The second-order valence-corrected chi connectivity index (χ2v) is 8.99. The molecule has 1 saturated heterocycles. The van der Waals surface area contributed by atoms with Gasteiger partial charge in [0.25, 0.3) is 0 Å². The first kappa shape index (κ1) is 22.0. The van der Waals surface area contributed by atoms with Crippen LogP contribution in [-0.2, 0) is 14.8 Å². The lowest BCUT2D eigenvalue weighted by molar-refractivity contribution is -0.111. The van der Waals surface area contributed by atoms with Crippen molar-refractivity contribution in [3.8, 4) is 5.75 Å². The molecule has 1 aliphatic rings. The maximum Gasteiger partial charge on any atom is 0.248 e. The summed E-state index contributed by atoms with van der Waals surface area (Å²) in [6, 6.07) is 10.1. The third kappa shape index (κ3) is 5.46. The topological polar surface area (TPSA) is 75.7 Å². The number of amides is 1. The fourth-order valence-corrected chi connectivity index (χ4v) is 4.84. The molecule has 0 atom stereocenters. The lowest BCUT2D eigenvalue weighted by Gasteiger charge is -2.20. The Hall–Kier alpha value is -2.71. The van der Waals surface area contributed by atoms with E-state index in [1.54, 1.807) is 18.2 Å². The van der Waals surface area contributed by atoms with Gasteiger partial charge in [0.1, 0.15) is 11.6 Å². The first-order valence-corrected chi connectivity index (χ1v) is 11.3. The SMILES string of the molecule is COc1ccc(S(=O)(=O)N2CCCCCC2)cc1NC(=O)/C=C/c1ccc(F)cc1. The Labute approximate surface area is 176 Å². The van der Waals surface area contributed by atoms with E-state index in [0.29, 0.717) is 24.4 Å². The van der Waals surface area contributed by atoms with E-state index in [2.05, 4.69) is 5.32 Å². The molecule has 0 aromatic heterocycles. The van der Waals surface area contributed by atoms with Crippen LogP contribution in [-0.4, -0.2) is 38.8 Å². The summed E-state index contributed by atoms with van der Waals surface area (Å²) in [7, 11) is -2.21. The van der Waals surface area contributed by atoms with Gasteiger partial charge in [0, 0.05) is 19.2 Å². The number of sulfonamides is 1. The number of carbonyl (C=O) groups excluding carboxylic acids is 1. The van der Waals surface area contributed by atoms with E-state index >= 15 is 0 Å². The number of methoxy groups -OCH3 is 1. The van der Waals surface area contributed by atoms with Crippen molar-refractivity contribution in [3.63, 3.8) is 0 Å². The molecule has 0 radical (unpaired) electrons. The molecule has 1 amide bonds. The van der Waals surface area contributed by atoms with E-state index in [1.807, 2.05) is 0 Å². The highest BCUT2D eigenvalue weighted by molar-refractivity contribution is 7.89. The number of ether oxygens (including phenoxy) is 1. The van der Waals surface area contributed by atoms with Crippen molar-refractivity contribution in [1.29, 1.82) is 0 Å². The minimum atomic E-state index is -3.66. The summed E-state index contributed by atoms with van der Waals surface area (Å²) in [6.45, 7) is 0.993. The minimum absolute atomic E-state index is 0.114. The highest BCUT2D eigenvalue weighted by atomic mass is 32.2. The summed E-state index contributed by atoms with van der Waals surface area (Å²) in [4.78, 5) is 12.5. The molecule has 8 heteroatoms. The van der Waals surface area contributed by atoms with Crippen molar-refractivity contribution >= 4 is 27.7 Å². The van der Waals surface area contributed by atoms with Crippen molar-refractivity contribution in [1.82, 2.24) is 4.31 Å². The van der Waals surface area contributed by atoms with Crippen molar-refractivity contribution in [2.24, 2.45) is 0 Å². The fraction of sp³-hybridized carbons (Fsp3) is 0.318. The lowest BCUT2D eigenvalue weighted by atomic mass is 10.2. The molecule has 2 aromatic carbocycles. The van der Waals surface area contributed by atoms with Crippen LogP contribution in [0.25, 0.3) is 6.08 Å². The molecule has 0 aliphatic carbocycles. The van der Waals surface area contributed by atoms with Crippen molar-refractivity contribution < 1.29 is 22.3 Å². The first-order valence-electron chi connectivity index (χ1n) is 9.83. The molecule has 1 N–H and O–H groups in total. The largest absolute Gasteiger partial charge is 0.495 e. The number of hydrogen-bond donors (Lipinski definition) is 1. The van der Waals surface area contributed by atoms with Crippen LogP contribution < -0.4 is 10.1 Å². The number of nitrogens with one attached hydrogen (secondary N) is 1. The molecule has 0 saturated carbocycles. The predicted molar refractivity (Wildman–Crippen MR) is 114 cm³/mol. The van der Waals surface area contributed by atoms with Gasteiger partial charge in [-0.05, 0) is 54.8 Å². The predicted octanol–water partition coefficient (Wildman–Crippen LogP) is 4.05. The van der Waals surface area contributed by atoms with Gasteiger partial charge >= 0.3 is 0 Å². The third-order valence-corrected chi connectivity index (χ3v) is 6.82. The second-order valence-electron chi connectivity index (χ2n) is 7.05. The first-order chi connectivity index (χ1) is 14.4. The molecule has 160 valence electrons. The van der Waals surface area contributed by atoms with E-state index in [4.69, 9.17) is 4.74 Å². The fourth-order valence-electron chi connectivity index (χ4n) is 3.30. The molecule has 0 unspecified atom stereocenters. The summed E-state index contributed by atoms with van der Waals surface area (Å²) in [5, 5.41) is 2.66. The van der Waals surface area contributed by atoms with Crippen LogP contribution in [0, 0.1) is 5.82 Å². The van der Waals surface area contributed by atoms with E-state index in [1.165, 1.54) is 47.8 Å². The lowest BCUT2D eigenvalue weighted by Crippen LogP contribution is -2.32. The quantitative estimate of drug-likeness (QED) is 0.699. The third-order valence-electron chi connectivity index (χ3n) is 4.93. The van der Waals surface area contributed by atoms with Crippen LogP contribution in [0.2, 0.25) is 0 Å². The highest BCUT2D eigenvalue weighted by Crippen LogP contribution is 2.30. The Morgan fingerprint density at radius 3 is 2.37 bits per heavy atom. The summed E-state index contributed by atoms with van der Waals surface area (Å²) >= 11 is 0. The monoisotopic (exact) mass is 432 g/mol. The Morgan fingerprint density at radius 1 is 1.07 bits per heavy atom. The van der Waals surface area contributed by atoms with Gasteiger partial charge in [0.05, 0.1) is 17.7 Å². The van der Waals surface area contributed by atoms with E-state index in [9.17, 15) is 17.6 Å². The van der Waals surface area contributed by atoms with E-state index < -0.39 is 15.9 Å². The molecule has 1 aliphatic heterocycles. The molecule has 0 spiro atoms. The molecule has 1 fully saturated rings. The molecule has 0 bridgehead atoms. The van der Waals surface area contributed by atoms with Crippen molar-refractivity contribution in [2.45, 2.75) is 30.6 Å². The van der Waals surface area contributed by atoms with E-state index in [-0.39, 0.29) is 16.4 Å². The van der Waals surface area contributed by atoms with Crippen molar-refractivity contribution in [3.05, 3.63) is 59.9 Å². The zero-order chi connectivity index (χ0) is 21.6. The van der Waals surface area contributed by atoms with Gasteiger partial charge in [0.15, 0.2) is 0 Å². The van der Waals surface area contributed by atoms with Gasteiger partial charge in [-0.1, -0.05) is 25.0 Å². The van der Waals surface area contributed by atoms with Gasteiger partial charge in [-0.3, -0.25) is 4.79 Å². The second kappa shape index (κ2) is 9.86. The summed E-state index contributed by atoms with van der Waals surface area (Å²) < 4.78 is 45.8. The standard InChI is InChI=1S/C22H25FN2O4S/c1-29-21-12-11-19(30(27,28)25-14-4-2-3-5-15-25)16-20(21)24-22(26)13-8-17-6-9-18(23)10-7-17/h6-13,16H,2-5,14-15H2,1H3,(H,24,26)/b13-8+. The van der Waals surface area contributed by atoms with Crippen molar-refractivity contribution in [2.75, 3.05) is 25.5 Å². The maximum atomic E-state index is 13.0. The minimum Gasteiger partial charge on any atom is -0.495 e. The molecule has 6 nitrogen and oxygen atoms in total. The number of nitrogens with zero attached hydrogens (tertiary/aromatic N) is 1. The maximum absolute atomic E-state index is 13.0. The van der Waals surface area contributed by atoms with Gasteiger partial charge in [-0.2, -0.15) is 4.31 Å². The average Bonchev–Trinajstić information content (AvgIpc) is 3.03. The van der Waals surface area contributed by atoms with Gasteiger partial charge in [-0.25, -0.2) is 12.8 Å². The Kier molecular flexibility index (Phi) is 7.23. The summed E-state index contributed by atoms with van der Waals surface area (Å²) in [5.41, 5.74) is 0.929. The number of hydrogen-bond acceptors (Lipinski definition) is 4. The number of carbonyl (C=O) groups is 1. The van der Waals surface area contributed by atoms with Gasteiger partial charge in [-0.15, -0.1) is 0 Å². The normalized spacial score (nSPS) is 15.7. The van der Waals surface area contributed by atoms with Crippen LogP contribution in [0.4, 0.5) is 10.1 Å². The average molecular weight is 433 g/mol. The number of benzene rings is 2.